The van der Waals surface area contributed by atoms with Crippen LogP contribution in [0.5, 0.6) is 0 Å². The quantitative estimate of drug-likeness (QED) is 0.687. The van der Waals surface area contributed by atoms with E-state index in [0.29, 0.717) is 24.3 Å². The zero-order valence-corrected chi connectivity index (χ0v) is 17.9. The first-order valence-electron chi connectivity index (χ1n) is 10.6. The molecule has 0 radical (unpaired) electrons. The average Bonchev–Trinajstić information content (AvgIpc) is 2.79. The van der Waals surface area contributed by atoms with Crippen molar-refractivity contribution in [1.29, 1.82) is 0 Å². The number of rotatable bonds is 5. The van der Waals surface area contributed by atoms with E-state index in [2.05, 4.69) is 10.2 Å². The lowest BCUT2D eigenvalue weighted by Gasteiger charge is -2.34. The van der Waals surface area contributed by atoms with Gasteiger partial charge in [0.25, 0.3) is 5.91 Å². The fraction of sp³-hybridized carbons (Fsp3) is 0.333. The molecule has 6 nitrogen and oxygen atoms in total. The normalized spacial score (nSPS) is 14.7. The molecule has 0 bridgehead atoms. The number of hydrogen-bond donors (Lipinski definition) is 1. The molecule has 7 heteroatoms. The van der Waals surface area contributed by atoms with Gasteiger partial charge in [0, 0.05) is 50.9 Å². The van der Waals surface area contributed by atoms with Crippen molar-refractivity contribution >= 4 is 22.5 Å². The first-order valence-corrected chi connectivity index (χ1v) is 10.6. The molecule has 1 fully saturated rings. The van der Waals surface area contributed by atoms with Gasteiger partial charge in [0.1, 0.15) is 11.4 Å². The summed E-state index contributed by atoms with van der Waals surface area (Å²) in [6.45, 7) is 6.00. The second kappa shape index (κ2) is 8.89. The van der Waals surface area contributed by atoms with Crippen LogP contribution in [0.1, 0.15) is 22.8 Å². The Balaban J connectivity index is 1.69. The maximum Gasteiger partial charge on any atom is 0.257 e. The van der Waals surface area contributed by atoms with Crippen molar-refractivity contribution < 1.29 is 9.18 Å². The Morgan fingerprint density at radius 1 is 1.10 bits per heavy atom. The van der Waals surface area contributed by atoms with Crippen LogP contribution in [0.3, 0.4) is 0 Å². The average molecular weight is 423 g/mol. The third-order valence-corrected chi connectivity index (χ3v) is 5.87. The van der Waals surface area contributed by atoms with E-state index in [-0.39, 0.29) is 10.9 Å². The lowest BCUT2D eigenvalue weighted by molar-refractivity contribution is 0.0949. The third kappa shape index (κ3) is 4.32. The van der Waals surface area contributed by atoms with E-state index >= 15 is 4.39 Å². The van der Waals surface area contributed by atoms with Gasteiger partial charge < -0.3 is 19.7 Å². The summed E-state index contributed by atoms with van der Waals surface area (Å²) < 4.78 is 16.9. The number of anilines is 1. The van der Waals surface area contributed by atoms with Crippen LogP contribution in [0.25, 0.3) is 10.9 Å². The minimum atomic E-state index is -0.457. The number of nitrogens with one attached hydrogen (secondary N) is 1. The number of pyridine rings is 1. The molecule has 0 aliphatic carbocycles. The molecular formula is C24H27FN4O2. The summed E-state index contributed by atoms with van der Waals surface area (Å²) in [5.41, 5.74) is 1.66. The molecule has 2 aromatic carbocycles. The number of fused-ring (bicyclic) bond motifs is 1. The Morgan fingerprint density at radius 3 is 2.48 bits per heavy atom. The number of aromatic nitrogens is 1. The van der Waals surface area contributed by atoms with Gasteiger partial charge in [0.15, 0.2) is 0 Å². The summed E-state index contributed by atoms with van der Waals surface area (Å²) in [5.74, 6) is -0.889. The second-order valence-corrected chi connectivity index (χ2v) is 7.94. The predicted octanol–water partition coefficient (Wildman–Crippen LogP) is 2.84. The maximum absolute atomic E-state index is 15.0. The maximum atomic E-state index is 15.0. The minimum absolute atomic E-state index is 0.0250. The number of aryl methyl sites for hydroxylation is 1. The third-order valence-electron chi connectivity index (χ3n) is 5.87. The molecule has 1 saturated heterocycles. The number of halogens is 1. The number of benzene rings is 2. The predicted molar refractivity (Wildman–Crippen MR) is 121 cm³/mol. The second-order valence-electron chi connectivity index (χ2n) is 7.94. The van der Waals surface area contributed by atoms with E-state index in [1.54, 1.807) is 12.3 Å². The highest BCUT2D eigenvalue weighted by molar-refractivity contribution is 5.97. The number of piperazine rings is 1. The molecule has 1 aromatic heterocycles. The molecule has 1 amide bonds. The zero-order valence-electron chi connectivity index (χ0n) is 17.9. The van der Waals surface area contributed by atoms with Crippen molar-refractivity contribution in [3.8, 4) is 0 Å². The molecule has 0 unspecified atom stereocenters. The summed E-state index contributed by atoms with van der Waals surface area (Å²) in [4.78, 5) is 30.0. The monoisotopic (exact) mass is 422 g/mol. The van der Waals surface area contributed by atoms with Crippen LogP contribution in [-0.2, 0) is 13.1 Å². The molecule has 4 rings (SSSR count). The number of carbonyl (C=O) groups is 1. The zero-order chi connectivity index (χ0) is 22.0. The first-order chi connectivity index (χ1) is 15.0. The number of amides is 1. The van der Waals surface area contributed by atoms with Gasteiger partial charge in [-0.3, -0.25) is 9.59 Å². The molecule has 0 spiro atoms. The Morgan fingerprint density at radius 2 is 1.81 bits per heavy atom. The van der Waals surface area contributed by atoms with Crippen LogP contribution < -0.4 is 15.6 Å². The molecule has 1 aliphatic rings. The molecular weight excluding hydrogens is 395 g/mol. The van der Waals surface area contributed by atoms with Crippen LogP contribution in [0, 0.1) is 5.82 Å². The Bertz CT molecular complexity index is 1150. The van der Waals surface area contributed by atoms with Crippen molar-refractivity contribution in [3.63, 3.8) is 0 Å². The van der Waals surface area contributed by atoms with Gasteiger partial charge in [-0.2, -0.15) is 0 Å². The molecule has 3 aromatic rings. The van der Waals surface area contributed by atoms with E-state index in [9.17, 15) is 9.59 Å². The topological polar surface area (TPSA) is 57.6 Å². The summed E-state index contributed by atoms with van der Waals surface area (Å²) in [5, 5.41) is 3.02. The fourth-order valence-electron chi connectivity index (χ4n) is 3.99. The van der Waals surface area contributed by atoms with E-state index in [4.69, 9.17) is 0 Å². The van der Waals surface area contributed by atoms with E-state index in [1.807, 2.05) is 53.8 Å². The van der Waals surface area contributed by atoms with Crippen molar-refractivity contribution in [1.82, 2.24) is 14.8 Å². The molecule has 1 N–H and O–H groups in total. The van der Waals surface area contributed by atoms with Crippen LogP contribution in [0.2, 0.25) is 0 Å². The number of nitrogens with zero attached hydrogens (tertiary/aromatic N) is 3. The largest absolute Gasteiger partial charge is 0.367 e. The van der Waals surface area contributed by atoms with E-state index < -0.39 is 17.2 Å². The van der Waals surface area contributed by atoms with Crippen LogP contribution in [0.4, 0.5) is 10.1 Å². The minimum Gasteiger partial charge on any atom is -0.367 e. The lowest BCUT2D eigenvalue weighted by atomic mass is 10.1. The molecule has 162 valence electrons. The van der Waals surface area contributed by atoms with Crippen molar-refractivity contribution in [2.75, 3.05) is 38.1 Å². The van der Waals surface area contributed by atoms with E-state index in [0.717, 1.165) is 31.7 Å². The van der Waals surface area contributed by atoms with Gasteiger partial charge in [0.05, 0.1) is 11.2 Å². The summed E-state index contributed by atoms with van der Waals surface area (Å²) in [6.07, 6.45) is 1.58. The van der Waals surface area contributed by atoms with Crippen LogP contribution >= 0.6 is 0 Å². The Labute approximate surface area is 180 Å². The highest BCUT2D eigenvalue weighted by Crippen LogP contribution is 2.26. The van der Waals surface area contributed by atoms with Crippen LogP contribution in [-0.4, -0.2) is 48.6 Å². The van der Waals surface area contributed by atoms with Gasteiger partial charge in [-0.15, -0.1) is 0 Å². The molecule has 0 atom stereocenters. The lowest BCUT2D eigenvalue weighted by Crippen LogP contribution is -2.44. The summed E-state index contributed by atoms with van der Waals surface area (Å²) in [6, 6.07) is 12.5. The van der Waals surface area contributed by atoms with Gasteiger partial charge in [-0.25, -0.2) is 4.39 Å². The van der Waals surface area contributed by atoms with Crippen molar-refractivity contribution in [3.05, 3.63) is 75.8 Å². The smallest absolute Gasteiger partial charge is 0.257 e. The summed E-state index contributed by atoms with van der Waals surface area (Å²) in [7, 11) is 2.05. The van der Waals surface area contributed by atoms with Crippen molar-refractivity contribution in [2.45, 2.75) is 20.0 Å². The molecule has 0 saturated carbocycles. The Kier molecular flexibility index (Phi) is 6.04. The summed E-state index contributed by atoms with van der Waals surface area (Å²) >= 11 is 0. The molecule has 31 heavy (non-hydrogen) atoms. The van der Waals surface area contributed by atoms with Crippen LogP contribution in [0.15, 0.2) is 53.5 Å². The number of carbonyl (C=O) groups excluding carboxylic acids is 1. The highest BCUT2D eigenvalue weighted by Gasteiger charge is 2.21. The van der Waals surface area contributed by atoms with Gasteiger partial charge in [0.2, 0.25) is 5.43 Å². The van der Waals surface area contributed by atoms with Crippen molar-refractivity contribution in [2.24, 2.45) is 0 Å². The Hall–Kier alpha value is -3.19. The standard InChI is InChI=1S/C24H27FN4O2/c1-3-28-16-19(24(31)26-15-17-7-5-4-6-8-17)23(30)18-13-20(25)22(14-21(18)28)29-11-9-27(2)10-12-29/h4-8,13-14,16H,3,9-12,15H2,1-2H3,(H,26,31). The highest BCUT2D eigenvalue weighted by atomic mass is 19.1. The number of likely N-dealkylation sites (N-methyl/N-ethyl adjacent to an activating group) is 1. The van der Waals surface area contributed by atoms with Gasteiger partial charge >= 0.3 is 0 Å². The SMILES string of the molecule is CCn1cc(C(=O)NCc2ccccc2)c(=O)c2cc(F)c(N3CCN(C)CC3)cc21. The first kappa shape index (κ1) is 21.1. The fourth-order valence-corrected chi connectivity index (χ4v) is 3.99. The number of hydrogen-bond acceptors (Lipinski definition) is 4. The van der Waals surface area contributed by atoms with Gasteiger partial charge in [-0.1, -0.05) is 30.3 Å². The molecule has 2 heterocycles. The molecule has 1 aliphatic heterocycles. The van der Waals surface area contributed by atoms with Gasteiger partial charge in [-0.05, 0) is 31.7 Å². The van der Waals surface area contributed by atoms with E-state index in [1.165, 1.54) is 6.07 Å².